The molecule has 1 aliphatic rings. The first-order valence-electron chi connectivity index (χ1n) is 10.9. The molecule has 29 heavy (non-hydrogen) atoms. The van der Waals surface area contributed by atoms with Crippen molar-refractivity contribution in [1.29, 1.82) is 0 Å². The van der Waals surface area contributed by atoms with Gasteiger partial charge in [-0.15, -0.1) is 0 Å². The Bertz CT molecular complexity index is 622. The Morgan fingerprint density at radius 2 is 1.83 bits per heavy atom. The first kappa shape index (κ1) is 23.5. The van der Waals surface area contributed by atoms with Crippen molar-refractivity contribution in [2.75, 3.05) is 47.0 Å². The van der Waals surface area contributed by atoms with Crippen LogP contribution in [0.5, 0.6) is 5.75 Å². The molecule has 164 valence electrons. The maximum atomic E-state index is 5.79. The van der Waals surface area contributed by atoms with E-state index in [0.717, 1.165) is 57.5 Å². The van der Waals surface area contributed by atoms with Crippen LogP contribution in [0, 0.1) is 5.92 Å². The highest BCUT2D eigenvalue weighted by Gasteiger charge is 2.34. The SMILES string of the molecule is CCNC(=NCC1(N(C)C)CCOCC1)NC(C)c1ccc(OCC(C)C)cc1. The van der Waals surface area contributed by atoms with E-state index >= 15 is 0 Å². The van der Waals surface area contributed by atoms with E-state index in [-0.39, 0.29) is 11.6 Å². The second-order valence-corrected chi connectivity index (χ2v) is 8.57. The minimum atomic E-state index is 0.0687. The Morgan fingerprint density at radius 1 is 1.17 bits per heavy atom. The number of ether oxygens (including phenoxy) is 2. The van der Waals surface area contributed by atoms with Crippen molar-refractivity contribution in [2.45, 2.75) is 52.1 Å². The molecule has 1 unspecified atom stereocenters. The predicted octanol–water partition coefficient (Wildman–Crippen LogP) is 3.45. The van der Waals surface area contributed by atoms with Crippen LogP contribution in [0.4, 0.5) is 0 Å². The molecule has 1 aliphatic heterocycles. The molecule has 0 amide bonds. The molecule has 1 heterocycles. The molecule has 1 atom stereocenters. The Hall–Kier alpha value is -1.79. The fourth-order valence-electron chi connectivity index (χ4n) is 3.45. The minimum absolute atomic E-state index is 0.0687. The van der Waals surface area contributed by atoms with E-state index in [1.807, 2.05) is 12.1 Å². The van der Waals surface area contributed by atoms with Crippen molar-refractivity contribution >= 4 is 5.96 Å². The van der Waals surface area contributed by atoms with E-state index in [1.54, 1.807) is 0 Å². The summed E-state index contributed by atoms with van der Waals surface area (Å²) in [6.45, 7) is 12.5. The number of rotatable bonds is 9. The summed E-state index contributed by atoms with van der Waals surface area (Å²) in [5.41, 5.74) is 1.28. The largest absolute Gasteiger partial charge is 0.493 e. The highest BCUT2D eigenvalue weighted by molar-refractivity contribution is 5.80. The van der Waals surface area contributed by atoms with Gasteiger partial charge in [0, 0.05) is 25.3 Å². The van der Waals surface area contributed by atoms with Crippen LogP contribution < -0.4 is 15.4 Å². The van der Waals surface area contributed by atoms with Gasteiger partial charge in [0.25, 0.3) is 0 Å². The number of aliphatic imine (C=N–C) groups is 1. The maximum Gasteiger partial charge on any atom is 0.191 e. The van der Waals surface area contributed by atoms with Gasteiger partial charge in [0.05, 0.1) is 19.2 Å². The van der Waals surface area contributed by atoms with E-state index < -0.39 is 0 Å². The average Bonchev–Trinajstić information content (AvgIpc) is 2.71. The number of guanidine groups is 1. The first-order chi connectivity index (χ1) is 13.9. The number of nitrogens with zero attached hydrogens (tertiary/aromatic N) is 2. The molecule has 0 saturated carbocycles. The van der Waals surface area contributed by atoms with E-state index in [1.165, 1.54) is 5.56 Å². The summed E-state index contributed by atoms with van der Waals surface area (Å²) in [4.78, 5) is 7.24. The summed E-state index contributed by atoms with van der Waals surface area (Å²) in [6, 6.07) is 8.48. The number of likely N-dealkylation sites (N-methyl/N-ethyl adjacent to an activating group) is 1. The van der Waals surface area contributed by atoms with Gasteiger partial charge in [-0.3, -0.25) is 4.99 Å². The maximum absolute atomic E-state index is 5.79. The Kier molecular flexibility index (Phi) is 9.24. The van der Waals surface area contributed by atoms with E-state index in [2.05, 4.69) is 69.5 Å². The van der Waals surface area contributed by atoms with Gasteiger partial charge < -0.3 is 25.0 Å². The number of benzene rings is 1. The topological polar surface area (TPSA) is 58.1 Å². The molecular weight excluding hydrogens is 364 g/mol. The number of hydrogen-bond donors (Lipinski definition) is 2. The Labute approximate surface area is 177 Å². The van der Waals surface area contributed by atoms with Crippen LogP contribution in [-0.4, -0.2) is 63.4 Å². The fourth-order valence-corrected chi connectivity index (χ4v) is 3.45. The third-order valence-electron chi connectivity index (χ3n) is 5.56. The van der Waals surface area contributed by atoms with Gasteiger partial charge in [0.2, 0.25) is 0 Å². The summed E-state index contributed by atoms with van der Waals surface area (Å²) in [7, 11) is 4.29. The first-order valence-corrected chi connectivity index (χ1v) is 10.9. The van der Waals surface area contributed by atoms with Crippen LogP contribution in [0.3, 0.4) is 0 Å². The fraction of sp³-hybridized carbons (Fsp3) is 0.696. The molecular formula is C23H40N4O2. The highest BCUT2D eigenvalue weighted by Crippen LogP contribution is 2.26. The third kappa shape index (κ3) is 7.19. The van der Waals surface area contributed by atoms with Gasteiger partial charge in [-0.2, -0.15) is 0 Å². The lowest BCUT2D eigenvalue weighted by atomic mass is 9.89. The predicted molar refractivity (Wildman–Crippen MR) is 121 cm³/mol. The van der Waals surface area contributed by atoms with E-state index in [4.69, 9.17) is 14.5 Å². The van der Waals surface area contributed by atoms with Gasteiger partial charge >= 0.3 is 0 Å². The zero-order valence-electron chi connectivity index (χ0n) is 19.1. The highest BCUT2D eigenvalue weighted by atomic mass is 16.5. The quantitative estimate of drug-likeness (QED) is 0.488. The summed E-state index contributed by atoms with van der Waals surface area (Å²) in [5.74, 6) is 2.30. The zero-order valence-corrected chi connectivity index (χ0v) is 19.1. The molecule has 2 N–H and O–H groups in total. The average molecular weight is 405 g/mol. The van der Waals surface area contributed by atoms with E-state index in [9.17, 15) is 0 Å². The zero-order chi connectivity index (χ0) is 21.3. The molecule has 2 rings (SSSR count). The van der Waals surface area contributed by atoms with Crippen molar-refractivity contribution in [1.82, 2.24) is 15.5 Å². The molecule has 0 aliphatic carbocycles. The van der Waals surface area contributed by atoms with Crippen LogP contribution in [0.25, 0.3) is 0 Å². The molecule has 0 radical (unpaired) electrons. The standard InChI is InChI=1S/C23H40N4O2/c1-7-24-22(25-17-23(27(5)6)12-14-28-15-13-23)26-19(4)20-8-10-21(11-9-20)29-16-18(2)3/h8-11,18-19H,7,12-17H2,1-6H3,(H2,24,25,26). The van der Waals surface area contributed by atoms with Crippen LogP contribution in [0.1, 0.15) is 52.1 Å². The Morgan fingerprint density at radius 3 is 2.38 bits per heavy atom. The van der Waals surface area contributed by atoms with Gasteiger partial charge in [0.15, 0.2) is 5.96 Å². The minimum Gasteiger partial charge on any atom is -0.493 e. The van der Waals surface area contributed by atoms with Gasteiger partial charge in [-0.1, -0.05) is 26.0 Å². The van der Waals surface area contributed by atoms with Crippen LogP contribution >= 0.6 is 0 Å². The third-order valence-corrected chi connectivity index (χ3v) is 5.56. The lowest BCUT2D eigenvalue weighted by Crippen LogP contribution is -2.51. The second kappa shape index (κ2) is 11.4. The molecule has 0 bridgehead atoms. The monoisotopic (exact) mass is 404 g/mol. The Balaban J connectivity index is 2.02. The van der Waals surface area contributed by atoms with Crippen molar-refractivity contribution in [2.24, 2.45) is 10.9 Å². The van der Waals surface area contributed by atoms with Crippen molar-refractivity contribution in [3.63, 3.8) is 0 Å². The molecule has 1 saturated heterocycles. The molecule has 0 spiro atoms. The van der Waals surface area contributed by atoms with Crippen LogP contribution in [-0.2, 0) is 4.74 Å². The molecule has 1 fully saturated rings. The second-order valence-electron chi connectivity index (χ2n) is 8.57. The summed E-state index contributed by atoms with van der Waals surface area (Å²) < 4.78 is 11.4. The van der Waals surface area contributed by atoms with Gasteiger partial charge in [0.1, 0.15) is 5.75 Å². The molecule has 6 heteroatoms. The van der Waals surface area contributed by atoms with Crippen molar-refractivity contribution in [3.8, 4) is 5.75 Å². The molecule has 0 aromatic heterocycles. The smallest absolute Gasteiger partial charge is 0.191 e. The lowest BCUT2D eigenvalue weighted by molar-refractivity contribution is -0.00255. The van der Waals surface area contributed by atoms with Crippen molar-refractivity contribution in [3.05, 3.63) is 29.8 Å². The summed E-state index contributed by atoms with van der Waals surface area (Å²) >= 11 is 0. The number of nitrogens with one attached hydrogen (secondary N) is 2. The van der Waals surface area contributed by atoms with Crippen molar-refractivity contribution < 1.29 is 9.47 Å². The lowest BCUT2D eigenvalue weighted by Gasteiger charge is -2.41. The van der Waals surface area contributed by atoms with E-state index in [0.29, 0.717) is 5.92 Å². The molecule has 6 nitrogen and oxygen atoms in total. The van der Waals surface area contributed by atoms with Gasteiger partial charge in [-0.25, -0.2) is 0 Å². The normalized spacial score (nSPS) is 18.0. The van der Waals surface area contributed by atoms with Gasteiger partial charge in [-0.05, 0) is 64.4 Å². The summed E-state index contributed by atoms with van der Waals surface area (Å²) in [5, 5.41) is 6.94. The number of hydrogen-bond acceptors (Lipinski definition) is 4. The summed E-state index contributed by atoms with van der Waals surface area (Å²) in [6.07, 6.45) is 2.02. The van der Waals surface area contributed by atoms with Crippen LogP contribution in [0.15, 0.2) is 29.3 Å². The molecule has 1 aromatic rings. The molecule has 1 aromatic carbocycles. The van der Waals surface area contributed by atoms with Crippen LogP contribution in [0.2, 0.25) is 0 Å².